The van der Waals surface area contributed by atoms with Crippen LogP contribution in [0.25, 0.3) is 0 Å². The normalized spacial score (nSPS) is 10.1. The van der Waals surface area contributed by atoms with Crippen molar-refractivity contribution in [3.8, 4) is 0 Å². The molecule has 104 valence electrons. The molecule has 1 aromatic carbocycles. The zero-order chi connectivity index (χ0) is 14.5. The average molecular weight is 296 g/mol. The Hall–Kier alpha value is -2.54. The summed E-state index contributed by atoms with van der Waals surface area (Å²) >= 11 is 5.79. The number of hydrogen-bond acceptors (Lipinski definition) is 4. The molecule has 3 N–H and O–H groups in total. The van der Waals surface area contributed by atoms with E-state index in [-0.39, 0.29) is 17.1 Å². The maximum Gasteiger partial charge on any atom is 0.337 e. The van der Waals surface area contributed by atoms with E-state index in [1.54, 1.807) is 6.07 Å². The van der Waals surface area contributed by atoms with E-state index in [9.17, 15) is 9.59 Å². The largest absolute Gasteiger partial charge is 0.478 e. The number of halogens is 1. The molecule has 2 aromatic rings. The summed E-state index contributed by atoms with van der Waals surface area (Å²) in [7, 11) is 0. The Morgan fingerprint density at radius 2 is 2.15 bits per heavy atom. The van der Waals surface area contributed by atoms with Crippen molar-refractivity contribution in [1.82, 2.24) is 10.5 Å². The summed E-state index contributed by atoms with van der Waals surface area (Å²) in [5, 5.41) is 17.6. The van der Waals surface area contributed by atoms with Crippen molar-refractivity contribution in [1.29, 1.82) is 0 Å². The molecule has 1 aromatic heterocycles. The van der Waals surface area contributed by atoms with Gasteiger partial charge in [0.25, 0.3) is 0 Å². The lowest BCUT2D eigenvalue weighted by Gasteiger charge is -2.07. The molecule has 0 saturated heterocycles. The minimum atomic E-state index is -1.13. The second-order valence-corrected chi connectivity index (χ2v) is 4.21. The lowest BCUT2D eigenvalue weighted by Crippen LogP contribution is -2.28. The lowest BCUT2D eigenvalue weighted by atomic mass is 10.2. The van der Waals surface area contributed by atoms with Gasteiger partial charge < -0.3 is 20.3 Å². The van der Waals surface area contributed by atoms with Crippen LogP contribution in [0.2, 0.25) is 5.02 Å². The Labute approximate surface area is 118 Å². The van der Waals surface area contributed by atoms with Crippen LogP contribution in [0, 0.1) is 0 Å². The van der Waals surface area contributed by atoms with Gasteiger partial charge in [0.2, 0.25) is 0 Å². The van der Waals surface area contributed by atoms with Gasteiger partial charge in [0.05, 0.1) is 17.1 Å². The topological polar surface area (TPSA) is 104 Å². The van der Waals surface area contributed by atoms with Crippen molar-refractivity contribution < 1.29 is 19.2 Å². The summed E-state index contributed by atoms with van der Waals surface area (Å²) in [5.74, 6) is -1.13. The number of carboxylic acid groups (broad SMARTS) is 1. The number of aromatic carboxylic acids is 1. The van der Waals surface area contributed by atoms with Gasteiger partial charge in [-0.3, -0.25) is 0 Å². The van der Waals surface area contributed by atoms with Gasteiger partial charge in [-0.2, -0.15) is 0 Å². The molecule has 0 bridgehead atoms. The Kier molecular flexibility index (Phi) is 4.21. The fraction of sp³-hybridized carbons (Fsp3) is 0.0833. The Balaban J connectivity index is 1.94. The van der Waals surface area contributed by atoms with E-state index < -0.39 is 12.0 Å². The number of urea groups is 1. The fourth-order valence-electron chi connectivity index (χ4n) is 1.44. The number of hydrogen-bond donors (Lipinski definition) is 3. The number of amides is 2. The summed E-state index contributed by atoms with van der Waals surface area (Å²) in [4.78, 5) is 22.4. The third-order valence-corrected chi connectivity index (χ3v) is 2.69. The van der Waals surface area contributed by atoms with Gasteiger partial charge in [0.1, 0.15) is 12.0 Å². The van der Waals surface area contributed by atoms with Gasteiger partial charge in [0, 0.05) is 11.8 Å². The van der Waals surface area contributed by atoms with E-state index >= 15 is 0 Å². The van der Waals surface area contributed by atoms with Gasteiger partial charge in [-0.05, 0) is 18.2 Å². The van der Waals surface area contributed by atoms with E-state index in [0.717, 1.165) is 0 Å². The van der Waals surface area contributed by atoms with Crippen molar-refractivity contribution in [2.75, 3.05) is 5.32 Å². The first kappa shape index (κ1) is 13.9. The van der Waals surface area contributed by atoms with Crippen LogP contribution in [0.4, 0.5) is 10.5 Å². The van der Waals surface area contributed by atoms with Crippen molar-refractivity contribution in [3.63, 3.8) is 0 Å². The molecule has 1 heterocycles. The molecule has 0 saturated carbocycles. The predicted octanol–water partition coefficient (Wildman–Crippen LogP) is 2.35. The summed E-state index contributed by atoms with van der Waals surface area (Å²) in [6.45, 7) is 0.212. The summed E-state index contributed by atoms with van der Waals surface area (Å²) < 4.78 is 4.62. The van der Waals surface area contributed by atoms with Crippen LogP contribution < -0.4 is 10.6 Å². The maximum atomic E-state index is 11.6. The number of carbonyl (C=O) groups excluding carboxylic acids is 1. The second kappa shape index (κ2) is 6.07. The third-order valence-electron chi connectivity index (χ3n) is 2.38. The molecule has 0 atom stereocenters. The number of rotatable bonds is 4. The van der Waals surface area contributed by atoms with E-state index in [4.69, 9.17) is 16.7 Å². The minimum absolute atomic E-state index is 0.0276. The smallest absolute Gasteiger partial charge is 0.337 e. The van der Waals surface area contributed by atoms with Gasteiger partial charge in [-0.15, -0.1) is 0 Å². The zero-order valence-electron chi connectivity index (χ0n) is 10.1. The lowest BCUT2D eigenvalue weighted by molar-refractivity contribution is 0.0697. The highest BCUT2D eigenvalue weighted by atomic mass is 35.5. The number of carboxylic acids is 1. The molecule has 7 nitrogen and oxygen atoms in total. The number of aromatic nitrogens is 1. The van der Waals surface area contributed by atoms with Crippen molar-refractivity contribution in [2.24, 2.45) is 0 Å². The van der Waals surface area contributed by atoms with Crippen LogP contribution in [0.15, 0.2) is 35.1 Å². The van der Waals surface area contributed by atoms with Crippen LogP contribution in [0.1, 0.15) is 16.1 Å². The molecule has 0 unspecified atom stereocenters. The van der Waals surface area contributed by atoms with Crippen LogP contribution in [0.3, 0.4) is 0 Å². The van der Waals surface area contributed by atoms with E-state index in [1.807, 2.05) is 0 Å². The monoisotopic (exact) mass is 295 g/mol. The molecular weight excluding hydrogens is 286 g/mol. The number of carbonyl (C=O) groups is 2. The third kappa shape index (κ3) is 3.48. The first-order chi connectivity index (χ1) is 9.56. The molecule has 0 aliphatic rings. The number of benzene rings is 1. The van der Waals surface area contributed by atoms with Crippen LogP contribution in [-0.4, -0.2) is 22.3 Å². The molecule has 0 aliphatic carbocycles. The molecule has 20 heavy (non-hydrogen) atoms. The Morgan fingerprint density at radius 1 is 1.35 bits per heavy atom. The molecular formula is C12H10ClN3O4. The average Bonchev–Trinajstić information content (AvgIpc) is 2.89. The van der Waals surface area contributed by atoms with Crippen molar-refractivity contribution >= 4 is 29.3 Å². The fourth-order valence-corrected chi connectivity index (χ4v) is 1.70. The quantitative estimate of drug-likeness (QED) is 0.803. The van der Waals surface area contributed by atoms with Crippen LogP contribution >= 0.6 is 11.6 Å². The molecule has 2 amide bonds. The van der Waals surface area contributed by atoms with E-state index in [0.29, 0.717) is 11.4 Å². The highest BCUT2D eigenvalue weighted by Crippen LogP contribution is 2.20. The summed E-state index contributed by atoms with van der Waals surface area (Å²) in [6, 6.07) is 5.29. The minimum Gasteiger partial charge on any atom is -0.478 e. The van der Waals surface area contributed by atoms with E-state index in [2.05, 4.69) is 20.3 Å². The zero-order valence-corrected chi connectivity index (χ0v) is 10.8. The first-order valence-electron chi connectivity index (χ1n) is 5.53. The number of anilines is 1. The van der Waals surface area contributed by atoms with Gasteiger partial charge in [-0.1, -0.05) is 16.8 Å². The Morgan fingerprint density at radius 3 is 2.75 bits per heavy atom. The predicted molar refractivity (Wildman–Crippen MR) is 70.8 cm³/mol. The van der Waals surface area contributed by atoms with Gasteiger partial charge in [0.15, 0.2) is 0 Å². The highest BCUT2D eigenvalue weighted by molar-refractivity contribution is 6.33. The number of nitrogens with zero attached hydrogens (tertiary/aromatic N) is 1. The molecule has 0 radical (unpaired) electrons. The first-order valence-corrected chi connectivity index (χ1v) is 5.91. The number of nitrogens with one attached hydrogen (secondary N) is 2. The van der Waals surface area contributed by atoms with Crippen molar-refractivity contribution in [2.45, 2.75) is 6.54 Å². The molecule has 0 aliphatic heterocycles. The summed E-state index contributed by atoms with van der Waals surface area (Å²) in [6.07, 6.45) is 1.40. The van der Waals surface area contributed by atoms with Gasteiger partial charge in [-0.25, -0.2) is 9.59 Å². The molecule has 2 rings (SSSR count). The maximum absolute atomic E-state index is 11.6. The standard InChI is InChI=1S/C12H10ClN3O4/c13-10-5-7(1-2-9(10)11(17)18)15-12(19)14-6-8-3-4-20-16-8/h1-5H,6H2,(H,17,18)(H2,14,15,19). The van der Waals surface area contributed by atoms with Gasteiger partial charge >= 0.3 is 12.0 Å². The Bertz CT molecular complexity index is 628. The highest BCUT2D eigenvalue weighted by Gasteiger charge is 2.10. The van der Waals surface area contributed by atoms with Crippen molar-refractivity contribution in [3.05, 3.63) is 46.8 Å². The molecule has 0 fully saturated rings. The van der Waals surface area contributed by atoms with Crippen LogP contribution in [-0.2, 0) is 6.54 Å². The second-order valence-electron chi connectivity index (χ2n) is 3.80. The van der Waals surface area contributed by atoms with E-state index in [1.165, 1.54) is 24.5 Å². The summed E-state index contributed by atoms with van der Waals surface area (Å²) in [5.41, 5.74) is 0.942. The molecule has 0 spiro atoms. The van der Waals surface area contributed by atoms with Crippen LogP contribution in [0.5, 0.6) is 0 Å². The molecule has 8 heteroatoms. The SMILES string of the molecule is O=C(NCc1ccon1)Nc1ccc(C(=O)O)c(Cl)c1.